The molecule has 1 aliphatic carbocycles. The van der Waals surface area contributed by atoms with Gasteiger partial charge in [-0.1, -0.05) is 12.1 Å². The van der Waals surface area contributed by atoms with E-state index >= 15 is 0 Å². The Labute approximate surface area is 143 Å². The standard InChI is InChI=1S/C20H24N2O2/c23-18-5-3-15(4-6-18)7-9-22-13-16-10-20(11-17(16)14-22)24-19-2-1-8-21-12-19/h1-6,8,12,16-17,20,23H,7,9-11,13-14H2. The molecule has 2 aliphatic rings. The van der Waals surface area contributed by atoms with Gasteiger partial charge in [0, 0.05) is 25.8 Å². The Hall–Kier alpha value is -2.07. The Kier molecular flexibility index (Phi) is 4.39. The minimum atomic E-state index is 0.342. The van der Waals surface area contributed by atoms with Gasteiger partial charge in [0.1, 0.15) is 11.5 Å². The molecule has 4 nitrogen and oxygen atoms in total. The number of phenolic OH excluding ortho intramolecular Hbond substituents is 1. The Morgan fingerprint density at radius 3 is 2.50 bits per heavy atom. The number of rotatable bonds is 5. The van der Waals surface area contributed by atoms with Gasteiger partial charge in [-0.25, -0.2) is 0 Å². The molecule has 0 bridgehead atoms. The van der Waals surface area contributed by atoms with Crippen molar-refractivity contribution in [3.05, 3.63) is 54.4 Å². The van der Waals surface area contributed by atoms with Crippen LogP contribution in [0.15, 0.2) is 48.8 Å². The van der Waals surface area contributed by atoms with Crippen molar-refractivity contribution in [3.8, 4) is 11.5 Å². The van der Waals surface area contributed by atoms with Gasteiger partial charge >= 0.3 is 0 Å². The quantitative estimate of drug-likeness (QED) is 0.918. The van der Waals surface area contributed by atoms with Crippen LogP contribution in [0.3, 0.4) is 0 Å². The Balaban J connectivity index is 1.25. The van der Waals surface area contributed by atoms with Gasteiger partial charge in [0.05, 0.1) is 12.3 Å². The lowest BCUT2D eigenvalue weighted by atomic mass is 10.0. The molecule has 2 atom stereocenters. The van der Waals surface area contributed by atoms with Crippen LogP contribution in [0.25, 0.3) is 0 Å². The van der Waals surface area contributed by atoms with Crippen molar-refractivity contribution in [2.45, 2.75) is 25.4 Å². The number of fused-ring (bicyclic) bond motifs is 1. The average Bonchev–Trinajstić information content (AvgIpc) is 3.13. The predicted octanol–water partition coefficient (Wildman–Crippen LogP) is 3.12. The summed E-state index contributed by atoms with van der Waals surface area (Å²) in [6.07, 6.45) is 7.31. The van der Waals surface area contributed by atoms with Gasteiger partial charge in [0.2, 0.25) is 0 Å². The molecule has 1 aromatic carbocycles. The molecule has 1 aromatic heterocycles. The predicted molar refractivity (Wildman–Crippen MR) is 93.1 cm³/mol. The van der Waals surface area contributed by atoms with Gasteiger partial charge in [-0.2, -0.15) is 0 Å². The van der Waals surface area contributed by atoms with Crippen LogP contribution in [0.4, 0.5) is 0 Å². The first-order chi connectivity index (χ1) is 11.8. The maximum absolute atomic E-state index is 9.35. The molecule has 1 N–H and O–H groups in total. The topological polar surface area (TPSA) is 45.6 Å². The molecule has 0 amide bonds. The lowest BCUT2D eigenvalue weighted by molar-refractivity contribution is 0.185. The average molecular weight is 324 g/mol. The van der Waals surface area contributed by atoms with Crippen molar-refractivity contribution in [1.82, 2.24) is 9.88 Å². The summed E-state index contributed by atoms with van der Waals surface area (Å²) in [7, 11) is 0. The third-order valence-electron chi connectivity index (χ3n) is 5.37. The minimum absolute atomic E-state index is 0.342. The van der Waals surface area contributed by atoms with E-state index in [-0.39, 0.29) is 0 Å². The number of pyridine rings is 1. The van der Waals surface area contributed by atoms with Crippen LogP contribution >= 0.6 is 0 Å². The Morgan fingerprint density at radius 2 is 1.83 bits per heavy atom. The molecule has 1 saturated carbocycles. The van der Waals surface area contributed by atoms with Crippen LogP contribution in [0.1, 0.15) is 18.4 Å². The Morgan fingerprint density at radius 1 is 1.08 bits per heavy atom. The second-order valence-electron chi connectivity index (χ2n) is 7.10. The highest BCUT2D eigenvalue weighted by Gasteiger charge is 2.41. The molecule has 2 unspecified atom stereocenters. The summed E-state index contributed by atoms with van der Waals surface area (Å²) in [6.45, 7) is 3.48. The molecule has 2 fully saturated rings. The zero-order valence-corrected chi connectivity index (χ0v) is 13.8. The maximum atomic E-state index is 9.35. The number of hydrogen-bond acceptors (Lipinski definition) is 4. The maximum Gasteiger partial charge on any atom is 0.137 e. The first kappa shape index (κ1) is 15.5. The summed E-state index contributed by atoms with van der Waals surface area (Å²) in [5.41, 5.74) is 1.29. The van der Waals surface area contributed by atoms with Crippen LogP contribution in [0.2, 0.25) is 0 Å². The second-order valence-corrected chi connectivity index (χ2v) is 7.10. The van der Waals surface area contributed by atoms with Crippen molar-refractivity contribution >= 4 is 0 Å². The fourth-order valence-corrected chi connectivity index (χ4v) is 4.18. The molecule has 2 heterocycles. The molecule has 4 rings (SSSR count). The summed E-state index contributed by atoms with van der Waals surface area (Å²) < 4.78 is 6.08. The number of ether oxygens (including phenoxy) is 1. The largest absolute Gasteiger partial charge is 0.508 e. The normalized spacial score (nSPS) is 26.4. The zero-order chi connectivity index (χ0) is 16.4. The van der Waals surface area contributed by atoms with E-state index < -0.39 is 0 Å². The first-order valence-electron chi connectivity index (χ1n) is 8.83. The fraction of sp³-hybridized carbons (Fsp3) is 0.450. The van der Waals surface area contributed by atoms with Gasteiger partial charge < -0.3 is 14.7 Å². The fourth-order valence-electron chi connectivity index (χ4n) is 4.18. The van der Waals surface area contributed by atoms with E-state index in [0.29, 0.717) is 11.9 Å². The molecule has 1 saturated heterocycles. The van der Waals surface area contributed by atoms with E-state index in [1.54, 1.807) is 24.5 Å². The number of aromatic nitrogens is 1. The van der Waals surface area contributed by atoms with E-state index in [0.717, 1.165) is 43.4 Å². The highest BCUT2D eigenvalue weighted by atomic mass is 16.5. The summed E-state index contributed by atoms with van der Waals surface area (Å²) >= 11 is 0. The summed E-state index contributed by atoms with van der Waals surface area (Å²) in [6, 6.07) is 11.5. The Bertz CT molecular complexity index is 645. The highest BCUT2D eigenvalue weighted by Crippen LogP contribution is 2.39. The summed E-state index contributed by atoms with van der Waals surface area (Å²) in [4.78, 5) is 6.71. The van der Waals surface area contributed by atoms with Gasteiger partial charge in [-0.15, -0.1) is 0 Å². The van der Waals surface area contributed by atoms with Crippen molar-refractivity contribution in [2.75, 3.05) is 19.6 Å². The minimum Gasteiger partial charge on any atom is -0.508 e. The van der Waals surface area contributed by atoms with E-state index in [4.69, 9.17) is 4.74 Å². The number of hydrogen-bond donors (Lipinski definition) is 1. The molecular weight excluding hydrogens is 300 g/mol. The molecule has 2 aromatic rings. The van der Waals surface area contributed by atoms with Crippen molar-refractivity contribution in [3.63, 3.8) is 0 Å². The van der Waals surface area contributed by atoms with Crippen LogP contribution in [-0.4, -0.2) is 40.7 Å². The van der Waals surface area contributed by atoms with E-state index in [1.807, 2.05) is 24.3 Å². The molecule has 24 heavy (non-hydrogen) atoms. The summed E-state index contributed by atoms with van der Waals surface area (Å²) in [5.74, 6) is 2.78. The van der Waals surface area contributed by atoms with Crippen LogP contribution in [0, 0.1) is 11.8 Å². The van der Waals surface area contributed by atoms with Gasteiger partial charge in [-0.3, -0.25) is 4.98 Å². The van der Waals surface area contributed by atoms with Crippen LogP contribution < -0.4 is 4.74 Å². The molecule has 1 aliphatic heterocycles. The van der Waals surface area contributed by atoms with Crippen molar-refractivity contribution in [1.29, 1.82) is 0 Å². The summed E-state index contributed by atoms with van der Waals surface area (Å²) in [5, 5.41) is 9.35. The second kappa shape index (κ2) is 6.81. The zero-order valence-electron chi connectivity index (χ0n) is 13.8. The number of aromatic hydroxyl groups is 1. The van der Waals surface area contributed by atoms with Crippen molar-refractivity contribution < 1.29 is 9.84 Å². The van der Waals surface area contributed by atoms with E-state index in [9.17, 15) is 5.11 Å². The third-order valence-corrected chi connectivity index (χ3v) is 5.37. The molecule has 0 radical (unpaired) electrons. The molecule has 4 heteroatoms. The van der Waals surface area contributed by atoms with Crippen LogP contribution in [-0.2, 0) is 6.42 Å². The SMILES string of the molecule is Oc1ccc(CCN2CC3CC(Oc4cccnc4)CC3C2)cc1. The van der Waals surface area contributed by atoms with Crippen molar-refractivity contribution in [2.24, 2.45) is 11.8 Å². The van der Waals surface area contributed by atoms with Crippen LogP contribution in [0.5, 0.6) is 11.5 Å². The molecule has 0 spiro atoms. The van der Waals surface area contributed by atoms with E-state index in [2.05, 4.69) is 9.88 Å². The van der Waals surface area contributed by atoms with Gasteiger partial charge in [0.25, 0.3) is 0 Å². The van der Waals surface area contributed by atoms with Gasteiger partial charge in [-0.05, 0) is 60.9 Å². The molecule has 126 valence electrons. The first-order valence-corrected chi connectivity index (χ1v) is 8.83. The number of phenols is 1. The lowest BCUT2D eigenvalue weighted by Gasteiger charge is -2.19. The number of nitrogens with zero attached hydrogens (tertiary/aromatic N) is 2. The monoisotopic (exact) mass is 324 g/mol. The van der Waals surface area contributed by atoms with Gasteiger partial charge in [0.15, 0.2) is 0 Å². The molecular formula is C20H24N2O2. The third kappa shape index (κ3) is 3.54. The highest BCUT2D eigenvalue weighted by molar-refractivity contribution is 5.26. The number of benzene rings is 1. The lowest BCUT2D eigenvalue weighted by Crippen LogP contribution is -2.26. The van der Waals surface area contributed by atoms with E-state index in [1.165, 1.54) is 18.7 Å². The number of likely N-dealkylation sites (tertiary alicyclic amines) is 1. The smallest absolute Gasteiger partial charge is 0.137 e.